The molecule has 0 aliphatic heterocycles. The molecule has 0 unspecified atom stereocenters. The summed E-state index contributed by atoms with van der Waals surface area (Å²) in [5, 5.41) is 12.5. The molecule has 0 bridgehead atoms. The molecule has 1 aromatic heterocycles. The van der Waals surface area contributed by atoms with Gasteiger partial charge in [-0.2, -0.15) is 0 Å². The van der Waals surface area contributed by atoms with Crippen molar-refractivity contribution in [3.8, 4) is 5.75 Å². The Morgan fingerprint density at radius 2 is 2.06 bits per heavy atom. The molecular formula is C13H12N2O2S. The number of amides is 1. The van der Waals surface area contributed by atoms with Gasteiger partial charge in [0.2, 0.25) is 0 Å². The van der Waals surface area contributed by atoms with Crippen LogP contribution in [0.25, 0.3) is 12.2 Å². The van der Waals surface area contributed by atoms with E-state index in [0.29, 0.717) is 4.88 Å². The molecule has 1 amide bonds. The fraction of sp³-hybridized carbons (Fsp3) is 0.0769. The molecule has 0 saturated heterocycles. The third-order valence-corrected chi connectivity index (χ3v) is 3.25. The van der Waals surface area contributed by atoms with E-state index in [1.807, 2.05) is 12.2 Å². The molecule has 0 aliphatic rings. The van der Waals surface area contributed by atoms with Crippen molar-refractivity contribution in [1.82, 2.24) is 10.3 Å². The van der Waals surface area contributed by atoms with Crippen molar-refractivity contribution in [3.63, 3.8) is 0 Å². The van der Waals surface area contributed by atoms with Crippen LogP contribution in [0.5, 0.6) is 5.75 Å². The maximum Gasteiger partial charge on any atom is 0.262 e. The van der Waals surface area contributed by atoms with Crippen LogP contribution in [0.1, 0.15) is 20.2 Å². The number of aromatic hydroxyl groups is 1. The summed E-state index contributed by atoms with van der Waals surface area (Å²) in [6.07, 6.45) is 5.27. The van der Waals surface area contributed by atoms with Gasteiger partial charge >= 0.3 is 0 Å². The van der Waals surface area contributed by atoms with Gasteiger partial charge in [-0.25, -0.2) is 4.98 Å². The number of thiazole rings is 1. The first-order valence-electron chi connectivity index (χ1n) is 5.34. The first-order chi connectivity index (χ1) is 8.69. The average molecular weight is 260 g/mol. The number of aromatic nitrogens is 1. The van der Waals surface area contributed by atoms with Gasteiger partial charge in [0.1, 0.15) is 15.6 Å². The van der Waals surface area contributed by atoms with E-state index in [9.17, 15) is 4.79 Å². The van der Waals surface area contributed by atoms with Crippen LogP contribution >= 0.6 is 11.3 Å². The Bertz CT molecular complexity index is 573. The Morgan fingerprint density at radius 3 is 2.72 bits per heavy atom. The molecule has 1 aromatic carbocycles. The molecule has 0 saturated carbocycles. The molecule has 0 spiro atoms. The van der Waals surface area contributed by atoms with Crippen molar-refractivity contribution in [2.75, 3.05) is 7.05 Å². The number of nitrogens with zero attached hydrogens (tertiary/aromatic N) is 1. The van der Waals surface area contributed by atoms with Crippen LogP contribution in [0, 0.1) is 0 Å². The molecular weight excluding hydrogens is 248 g/mol. The fourth-order valence-electron chi connectivity index (χ4n) is 1.35. The molecule has 1 heterocycles. The van der Waals surface area contributed by atoms with Gasteiger partial charge in [0.15, 0.2) is 0 Å². The third kappa shape index (κ3) is 2.95. The van der Waals surface area contributed by atoms with Crippen molar-refractivity contribution in [1.29, 1.82) is 0 Å². The molecule has 18 heavy (non-hydrogen) atoms. The van der Waals surface area contributed by atoms with Crippen molar-refractivity contribution in [3.05, 3.63) is 45.9 Å². The topological polar surface area (TPSA) is 62.2 Å². The van der Waals surface area contributed by atoms with Crippen LogP contribution in [0.15, 0.2) is 30.5 Å². The highest BCUT2D eigenvalue weighted by atomic mass is 32.1. The highest BCUT2D eigenvalue weighted by Gasteiger charge is 2.06. The van der Waals surface area contributed by atoms with Crippen LogP contribution < -0.4 is 5.32 Å². The predicted octanol–water partition coefficient (Wildman–Crippen LogP) is 2.38. The Kier molecular flexibility index (Phi) is 3.74. The Morgan fingerprint density at radius 1 is 1.33 bits per heavy atom. The second-order valence-electron chi connectivity index (χ2n) is 3.57. The van der Waals surface area contributed by atoms with Gasteiger partial charge in [0.05, 0.1) is 6.20 Å². The summed E-state index contributed by atoms with van der Waals surface area (Å²) in [6, 6.07) is 6.85. The first kappa shape index (κ1) is 12.3. The first-order valence-corrected chi connectivity index (χ1v) is 6.16. The van der Waals surface area contributed by atoms with E-state index in [-0.39, 0.29) is 11.7 Å². The molecule has 92 valence electrons. The van der Waals surface area contributed by atoms with E-state index in [4.69, 9.17) is 5.11 Å². The number of carbonyl (C=O) groups excluding carboxylic acids is 1. The Labute approximate surface area is 109 Å². The summed E-state index contributed by atoms with van der Waals surface area (Å²) >= 11 is 1.33. The number of hydrogen-bond acceptors (Lipinski definition) is 4. The number of phenolic OH excluding ortho intramolecular Hbond substituents is 1. The predicted molar refractivity (Wildman–Crippen MR) is 72.5 cm³/mol. The van der Waals surface area contributed by atoms with Gasteiger partial charge in [-0.15, -0.1) is 11.3 Å². The molecule has 2 N–H and O–H groups in total. The summed E-state index contributed by atoms with van der Waals surface area (Å²) in [6.45, 7) is 0. The highest BCUT2D eigenvalue weighted by molar-refractivity contribution is 7.14. The third-order valence-electron chi connectivity index (χ3n) is 2.29. The average Bonchev–Trinajstić information content (AvgIpc) is 2.86. The van der Waals surface area contributed by atoms with Crippen LogP contribution in [0.4, 0.5) is 0 Å². The number of carbonyl (C=O) groups is 1. The Balaban J connectivity index is 2.11. The quantitative estimate of drug-likeness (QED) is 0.890. The van der Waals surface area contributed by atoms with Crippen LogP contribution in [-0.4, -0.2) is 23.0 Å². The maximum absolute atomic E-state index is 11.3. The molecule has 0 radical (unpaired) electrons. The summed E-state index contributed by atoms with van der Waals surface area (Å²) < 4.78 is 0. The maximum atomic E-state index is 11.3. The zero-order chi connectivity index (χ0) is 13.0. The molecule has 4 nitrogen and oxygen atoms in total. The Hall–Kier alpha value is -2.14. The van der Waals surface area contributed by atoms with Crippen molar-refractivity contribution < 1.29 is 9.90 Å². The lowest BCUT2D eigenvalue weighted by molar-refractivity contribution is 0.0967. The second-order valence-corrected chi connectivity index (χ2v) is 4.63. The van der Waals surface area contributed by atoms with Crippen LogP contribution in [0.3, 0.4) is 0 Å². The number of phenols is 1. The largest absolute Gasteiger partial charge is 0.508 e. The standard InChI is InChI=1S/C13H12N2O2S/c1-14-13(17)11-8-15-12(18-11)7-4-9-2-5-10(16)6-3-9/h2-8,16H,1H3,(H,14,17)/b7-4-. The van der Waals surface area contributed by atoms with Crippen molar-refractivity contribution in [2.45, 2.75) is 0 Å². The van der Waals surface area contributed by atoms with E-state index in [1.165, 1.54) is 11.3 Å². The van der Waals surface area contributed by atoms with Gasteiger partial charge in [0, 0.05) is 7.05 Å². The van der Waals surface area contributed by atoms with E-state index in [2.05, 4.69) is 10.3 Å². The van der Waals surface area contributed by atoms with Gasteiger partial charge in [-0.1, -0.05) is 18.2 Å². The van der Waals surface area contributed by atoms with Crippen LogP contribution in [-0.2, 0) is 0 Å². The lowest BCUT2D eigenvalue weighted by Crippen LogP contribution is -2.16. The monoisotopic (exact) mass is 260 g/mol. The lowest BCUT2D eigenvalue weighted by Gasteiger charge is -1.93. The molecule has 2 aromatic rings. The number of benzene rings is 1. The van der Waals surface area contributed by atoms with E-state index in [0.717, 1.165) is 10.6 Å². The molecule has 0 aliphatic carbocycles. The lowest BCUT2D eigenvalue weighted by atomic mass is 10.2. The smallest absolute Gasteiger partial charge is 0.262 e. The van der Waals surface area contributed by atoms with E-state index >= 15 is 0 Å². The number of nitrogens with one attached hydrogen (secondary N) is 1. The van der Waals surface area contributed by atoms with E-state index in [1.54, 1.807) is 37.5 Å². The van der Waals surface area contributed by atoms with Gasteiger partial charge in [0.25, 0.3) is 5.91 Å². The highest BCUT2D eigenvalue weighted by Crippen LogP contribution is 2.17. The molecule has 0 fully saturated rings. The summed E-state index contributed by atoms with van der Waals surface area (Å²) in [4.78, 5) is 16.1. The molecule has 0 atom stereocenters. The van der Waals surface area contributed by atoms with Gasteiger partial charge in [-0.05, 0) is 23.8 Å². The number of hydrogen-bond donors (Lipinski definition) is 2. The van der Waals surface area contributed by atoms with Gasteiger partial charge < -0.3 is 10.4 Å². The molecule has 5 heteroatoms. The van der Waals surface area contributed by atoms with Crippen LogP contribution in [0.2, 0.25) is 0 Å². The second kappa shape index (κ2) is 5.46. The van der Waals surface area contributed by atoms with Crippen molar-refractivity contribution >= 4 is 29.4 Å². The zero-order valence-electron chi connectivity index (χ0n) is 9.75. The minimum Gasteiger partial charge on any atom is -0.508 e. The van der Waals surface area contributed by atoms with Crippen molar-refractivity contribution in [2.24, 2.45) is 0 Å². The SMILES string of the molecule is CNC(=O)c1cnc(/C=C\c2ccc(O)cc2)s1. The zero-order valence-corrected chi connectivity index (χ0v) is 10.6. The van der Waals surface area contributed by atoms with Gasteiger partial charge in [-0.3, -0.25) is 4.79 Å². The number of rotatable bonds is 3. The normalized spacial score (nSPS) is 10.7. The summed E-state index contributed by atoms with van der Waals surface area (Å²) in [7, 11) is 1.59. The minimum atomic E-state index is -0.128. The summed E-state index contributed by atoms with van der Waals surface area (Å²) in [5.41, 5.74) is 0.962. The summed E-state index contributed by atoms with van der Waals surface area (Å²) in [5.74, 6) is 0.111. The molecule has 2 rings (SSSR count). The fourth-order valence-corrected chi connectivity index (χ4v) is 2.11. The van der Waals surface area contributed by atoms with E-state index < -0.39 is 0 Å². The minimum absolute atomic E-state index is 0.128.